The van der Waals surface area contributed by atoms with E-state index in [-0.39, 0.29) is 24.2 Å². The lowest BCUT2D eigenvalue weighted by Crippen LogP contribution is -2.32. The van der Waals surface area contributed by atoms with Crippen LogP contribution in [-0.2, 0) is 11.8 Å². The summed E-state index contributed by atoms with van der Waals surface area (Å²) in [5.74, 6) is 0.522. The Bertz CT molecular complexity index is 1270. The molecule has 34 heavy (non-hydrogen) atoms. The van der Waals surface area contributed by atoms with Crippen LogP contribution in [0.1, 0.15) is 22.2 Å². The van der Waals surface area contributed by atoms with Crippen LogP contribution in [0.3, 0.4) is 0 Å². The maximum atomic E-state index is 12.6. The van der Waals surface area contributed by atoms with Gasteiger partial charge in [-0.3, -0.25) is 9.59 Å². The average Bonchev–Trinajstić information content (AvgIpc) is 3.43. The molecule has 2 heterocycles. The van der Waals surface area contributed by atoms with Gasteiger partial charge in [-0.15, -0.1) is 10.2 Å². The third-order valence-electron chi connectivity index (χ3n) is 4.89. The van der Waals surface area contributed by atoms with Gasteiger partial charge in [0.2, 0.25) is 5.91 Å². The lowest BCUT2D eigenvalue weighted by molar-refractivity contribution is -0.113. The van der Waals surface area contributed by atoms with Crippen molar-refractivity contribution in [3.63, 3.8) is 0 Å². The maximum absolute atomic E-state index is 12.6. The van der Waals surface area contributed by atoms with Crippen LogP contribution in [-0.4, -0.2) is 56.1 Å². The third-order valence-corrected chi connectivity index (χ3v) is 6.87. The van der Waals surface area contributed by atoms with Crippen LogP contribution >= 0.6 is 23.1 Å². The Labute approximate surface area is 203 Å². The zero-order valence-corrected chi connectivity index (χ0v) is 20.0. The third kappa shape index (κ3) is 5.35. The second-order valence-electron chi connectivity index (χ2n) is 7.16. The summed E-state index contributed by atoms with van der Waals surface area (Å²) >= 11 is 2.60. The number of fused-ring (bicyclic) bond motifs is 1. The molecule has 0 bridgehead atoms. The molecule has 2 aromatic carbocycles. The standard InChI is InChI=1S/C22H22N6O4S2/c1-28-19(16(11-29)23-20(31)13-7-9-14(32-2)10-8-13)26-27-22(28)33-12-18(30)25-21-24-15-5-3-4-6-17(15)34-21/h3-10,16,29H,11-12H2,1-2H3,(H,23,31)(H,24,25,30)/t16-/m0/s1. The van der Waals surface area contributed by atoms with Crippen LogP contribution in [0.25, 0.3) is 10.2 Å². The molecular weight excluding hydrogens is 476 g/mol. The normalized spacial score (nSPS) is 11.9. The number of rotatable bonds is 9. The molecule has 2 aromatic heterocycles. The minimum absolute atomic E-state index is 0.101. The number of amides is 2. The van der Waals surface area contributed by atoms with Crippen LogP contribution in [0.4, 0.5) is 5.13 Å². The molecule has 0 spiro atoms. The number of carbonyl (C=O) groups excluding carboxylic acids is 2. The Morgan fingerprint density at radius 2 is 1.94 bits per heavy atom. The number of hydrogen-bond acceptors (Lipinski definition) is 9. The first-order valence-corrected chi connectivity index (χ1v) is 12.0. The smallest absolute Gasteiger partial charge is 0.251 e. The molecule has 0 aliphatic rings. The van der Waals surface area contributed by atoms with E-state index < -0.39 is 6.04 Å². The van der Waals surface area contributed by atoms with Gasteiger partial charge in [-0.05, 0) is 36.4 Å². The van der Waals surface area contributed by atoms with Crippen molar-refractivity contribution in [2.24, 2.45) is 7.05 Å². The Balaban J connectivity index is 1.36. The summed E-state index contributed by atoms with van der Waals surface area (Å²) in [5.41, 5.74) is 1.25. The highest BCUT2D eigenvalue weighted by atomic mass is 32.2. The Hall–Kier alpha value is -3.48. The largest absolute Gasteiger partial charge is 0.497 e. The summed E-state index contributed by atoms with van der Waals surface area (Å²) in [6.07, 6.45) is 0. The number of ether oxygens (including phenoxy) is 1. The molecule has 176 valence electrons. The van der Waals surface area contributed by atoms with Crippen molar-refractivity contribution in [3.8, 4) is 5.75 Å². The number of nitrogens with one attached hydrogen (secondary N) is 2. The molecule has 0 saturated carbocycles. The fraction of sp³-hybridized carbons (Fsp3) is 0.227. The zero-order valence-electron chi connectivity index (χ0n) is 18.4. The fourth-order valence-corrected chi connectivity index (χ4v) is 4.74. The molecule has 0 saturated heterocycles. The predicted molar refractivity (Wildman–Crippen MR) is 130 cm³/mol. The second kappa shape index (κ2) is 10.6. The monoisotopic (exact) mass is 498 g/mol. The summed E-state index contributed by atoms with van der Waals surface area (Å²) in [6, 6.07) is 13.5. The number of para-hydroxylation sites is 1. The lowest BCUT2D eigenvalue weighted by atomic mass is 10.2. The van der Waals surface area contributed by atoms with Gasteiger partial charge in [0.25, 0.3) is 5.91 Å². The van der Waals surface area contributed by atoms with Crippen LogP contribution in [0.2, 0.25) is 0 Å². The summed E-state index contributed by atoms with van der Waals surface area (Å²) in [7, 11) is 3.26. The van der Waals surface area contributed by atoms with E-state index in [1.54, 1.807) is 43.0 Å². The van der Waals surface area contributed by atoms with Crippen molar-refractivity contribution >= 4 is 50.3 Å². The molecule has 0 fully saturated rings. The van der Waals surface area contributed by atoms with Crippen molar-refractivity contribution in [1.82, 2.24) is 25.1 Å². The topological polar surface area (TPSA) is 131 Å². The molecule has 4 rings (SSSR count). The minimum atomic E-state index is -0.766. The van der Waals surface area contributed by atoms with Crippen LogP contribution in [0, 0.1) is 0 Å². The molecule has 1 atom stereocenters. The quantitative estimate of drug-likeness (QED) is 0.300. The van der Waals surface area contributed by atoms with Gasteiger partial charge in [0.15, 0.2) is 16.1 Å². The van der Waals surface area contributed by atoms with E-state index in [2.05, 4.69) is 25.8 Å². The number of benzene rings is 2. The van der Waals surface area contributed by atoms with Crippen molar-refractivity contribution in [2.75, 3.05) is 24.8 Å². The lowest BCUT2D eigenvalue weighted by Gasteiger charge is -2.16. The summed E-state index contributed by atoms with van der Waals surface area (Å²) in [6.45, 7) is -0.364. The molecule has 2 amide bonds. The first-order valence-electron chi connectivity index (χ1n) is 10.2. The van der Waals surface area contributed by atoms with E-state index in [1.165, 1.54) is 23.1 Å². The first kappa shape index (κ1) is 23.7. The minimum Gasteiger partial charge on any atom is -0.497 e. The molecule has 4 aromatic rings. The Morgan fingerprint density at radius 1 is 1.18 bits per heavy atom. The number of aliphatic hydroxyl groups is 1. The highest BCUT2D eigenvalue weighted by Gasteiger charge is 2.22. The highest BCUT2D eigenvalue weighted by molar-refractivity contribution is 7.99. The highest BCUT2D eigenvalue weighted by Crippen LogP contribution is 2.26. The van der Waals surface area contributed by atoms with E-state index >= 15 is 0 Å². The number of methoxy groups -OCH3 is 1. The average molecular weight is 499 g/mol. The van der Waals surface area contributed by atoms with Crippen LogP contribution in [0.15, 0.2) is 53.7 Å². The van der Waals surface area contributed by atoms with Gasteiger partial charge >= 0.3 is 0 Å². The van der Waals surface area contributed by atoms with E-state index in [1.807, 2.05) is 24.3 Å². The molecule has 10 nitrogen and oxygen atoms in total. The van der Waals surface area contributed by atoms with Gasteiger partial charge < -0.3 is 25.0 Å². The molecule has 12 heteroatoms. The van der Waals surface area contributed by atoms with E-state index in [0.717, 1.165) is 10.2 Å². The molecule has 0 aliphatic carbocycles. The molecule has 0 radical (unpaired) electrons. The van der Waals surface area contributed by atoms with Gasteiger partial charge in [0.1, 0.15) is 11.8 Å². The molecule has 0 aliphatic heterocycles. The molecular formula is C22H22N6O4S2. The SMILES string of the molecule is COc1ccc(C(=O)N[C@@H](CO)c2nnc(SCC(=O)Nc3nc4ccccc4s3)n2C)cc1. The molecule has 0 unspecified atom stereocenters. The van der Waals surface area contributed by atoms with Crippen LogP contribution in [0.5, 0.6) is 5.75 Å². The van der Waals surface area contributed by atoms with Gasteiger partial charge in [-0.2, -0.15) is 0 Å². The van der Waals surface area contributed by atoms with Gasteiger partial charge in [0, 0.05) is 12.6 Å². The number of anilines is 1. The van der Waals surface area contributed by atoms with E-state index in [0.29, 0.717) is 27.4 Å². The van der Waals surface area contributed by atoms with Gasteiger partial charge in [-0.25, -0.2) is 4.98 Å². The van der Waals surface area contributed by atoms with E-state index in [4.69, 9.17) is 4.74 Å². The second-order valence-corrected chi connectivity index (χ2v) is 9.13. The number of thiazole rings is 1. The number of nitrogens with zero attached hydrogens (tertiary/aromatic N) is 4. The Morgan fingerprint density at radius 3 is 2.65 bits per heavy atom. The number of aliphatic hydroxyl groups excluding tert-OH is 1. The molecule has 3 N–H and O–H groups in total. The van der Waals surface area contributed by atoms with Crippen molar-refractivity contribution in [3.05, 3.63) is 59.9 Å². The number of aromatic nitrogens is 4. The van der Waals surface area contributed by atoms with Gasteiger partial charge in [0.05, 0.1) is 29.7 Å². The maximum Gasteiger partial charge on any atom is 0.251 e. The fourth-order valence-electron chi connectivity index (χ4n) is 3.14. The number of hydrogen-bond donors (Lipinski definition) is 3. The predicted octanol–water partition coefficient (Wildman–Crippen LogP) is 2.63. The van der Waals surface area contributed by atoms with Crippen molar-refractivity contribution in [2.45, 2.75) is 11.2 Å². The summed E-state index contributed by atoms with van der Waals surface area (Å²) in [4.78, 5) is 29.4. The summed E-state index contributed by atoms with van der Waals surface area (Å²) < 4.78 is 7.74. The van der Waals surface area contributed by atoms with Gasteiger partial charge in [-0.1, -0.05) is 35.2 Å². The zero-order chi connectivity index (χ0) is 24.1. The first-order chi connectivity index (χ1) is 16.5. The van der Waals surface area contributed by atoms with Crippen molar-refractivity contribution < 1.29 is 19.4 Å². The van der Waals surface area contributed by atoms with Crippen molar-refractivity contribution in [1.29, 1.82) is 0 Å². The number of carbonyl (C=O) groups is 2. The Kier molecular flexibility index (Phi) is 7.40. The van der Waals surface area contributed by atoms with Crippen LogP contribution < -0.4 is 15.4 Å². The van der Waals surface area contributed by atoms with E-state index in [9.17, 15) is 14.7 Å². The summed E-state index contributed by atoms with van der Waals surface area (Å²) in [5, 5.41) is 24.6. The number of thioether (sulfide) groups is 1.